The fourth-order valence-corrected chi connectivity index (χ4v) is 2.51. The van der Waals surface area contributed by atoms with Crippen LogP contribution in [0.5, 0.6) is 0 Å². The quantitative estimate of drug-likeness (QED) is 0.675. The van der Waals surface area contributed by atoms with Crippen LogP contribution in [0.2, 0.25) is 0 Å². The summed E-state index contributed by atoms with van der Waals surface area (Å²) in [6, 6.07) is 1.27. The van der Waals surface area contributed by atoms with E-state index in [1.54, 1.807) is 0 Å². The summed E-state index contributed by atoms with van der Waals surface area (Å²) >= 11 is 0. The van der Waals surface area contributed by atoms with Gasteiger partial charge in [0, 0.05) is 18.7 Å². The highest BCUT2D eigenvalue weighted by Crippen LogP contribution is 2.19. The molecule has 0 aromatic carbocycles. The van der Waals surface area contributed by atoms with Crippen LogP contribution in [0, 0.1) is 0 Å². The molecule has 0 radical (unpaired) electrons. The Morgan fingerprint density at radius 3 is 2.77 bits per heavy atom. The van der Waals surface area contributed by atoms with Crippen molar-refractivity contribution in [3.63, 3.8) is 0 Å². The Kier molecular flexibility index (Phi) is 3.19. The Morgan fingerprint density at radius 1 is 1.31 bits per heavy atom. The first-order chi connectivity index (χ1) is 6.42. The van der Waals surface area contributed by atoms with Gasteiger partial charge in [0.1, 0.15) is 0 Å². The minimum absolute atomic E-state index is 0.548. The van der Waals surface area contributed by atoms with Crippen molar-refractivity contribution in [2.24, 2.45) is 0 Å². The van der Waals surface area contributed by atoms with Gasteiger partial charge in [-0.05, 0) is 39.4 Å². The highest BCUT2D eigenvalue weighted by atomic mass is 16.5. The van der Waals surface area contributed by atoms with Crippen LogP contribution >= 0.6 is 0 Å². The molecule has 1 N–H and O–H groups in total. The fourth-order valence-electron chi connectivity index (χ4n) is 2.51. The maximum absolute atomic E-state index is 5.47. The largest absolute Gasteiger partial charge is 0.380 e. The van der Waals surface area contributed by atoms with E-state index in [1.165, 1.54) is 32.4 Å². The number of rotatable bonds is 2. The van der Waals surface area contributed by atoms with Crippen LogP contribution in [0.25, 0.3) is 0 Å². The first kappa shape index (κ1) is 9.44. The van der Waals surface area contributed by atoms with E-state index in [0.29, 0.717) is 6.04 Å². The Labute approximate surface area is 80.4 Å². The van der Waals surface area contributed by atoms with Crippen molar-refractivity contribution in [1.82, 2.24) is 10.2 Å². The van der Waals surface area contributed by atoms with Crippen molar-refractivity contribution < 1.29 is 4.74 Å². The monoisotopic (exact) mass is 184 g/mol. The highest BCUT2D eigenvalue weighted by molar-refractivity contribution is 4.88. The molecule has 2 saturated heterocycles. The summed E-state index contributed by atoms with van der Waals surface area (Å²) in [5, 5.41) is 3.36. The first-order valence-electron chi connectivity index (χ1n) is 5.41. The third kappa shape index (κ3) is 2.03. The summed E-state index contributed by atoms with van der Waals surface area (Å²) in [6.45, 7) is 4.42. The van der Waals surface area contributed by atoms with Crippen LogP contribution in [0.3, 0.4) is 0 Å². The van der Waals surface area contributed by atoms with Gasteiger partial charge in [0.2, 0.25) is 0 Å². The molecule has 0 bridgehead atoms. The molecule has 2 atom stereocenters. The van der Waals surface area contributed by atoms with Gasteiger partial charge < -0.3 is 10.1 Å². The van der Waals surface area contributed by atoms with Crippen LogP contribution < -0.4 is 5.32 Å². The summed E-state index contributed by atoms with van der Waals surface area (Å²) in [7, 11) is 2.04. The summed E-state index contributed by atoms with van der Waals surface area (Å²) in [5.74, 6) is 0. The van der Waals surface area contributed by atoms with Gasteiger partial charge in [-0.2, -0.15) is 0 Å². The Hall–Kier alpha value is -0.120. The van der Waals surface area contributed by atoms with Gasteiger partial charge in [0.15, 0.2) is 0 Å². The zero-order valence-corrected chi connectivity index (χ0v) is 8.46. The molecule has 0 spiro atoms. The molecule has 0 amide bonds. The van der Waals surface area contributed by atoms with E-state index in [4.69, 9.17) is 4.74 Å². The van der Waals surface area contributed by atoms with Crippen LogP contribution in [-0.2, 0) is 4.74 Å². The predicted octanol–water partition coefficient (Wildman–Crippen LogP) is 0.459. The molecule has 13 heavy (non-hydrogen) atoms. The molecule has 0 saturated carbocycles. The second kappa shape index (κ2) is 4.40. The minimum Gasteiger partial charge on any atom is -0.380 e. The normalized spacial score (nSPS) is 36.7. The fraction of sp³-hybridized carbons (Fsp3) is 1.00. The van der Waals surface area contributed by atoms with Gasteiger partial charge in [0.05, 0.1) is 6.61 Å². The second-order valence-corrected chi connectivity index (χ2v) is 4.07. The Bertz CT molecular complexity index is 155. The molecular formula is C10H20N2O. The number of hydrogen-bond acceptors (Lipinski definition) is 3. The molecule has 2 aliphatic heterocycles. The molecular weight excluding hydrogens is 164 g/mol. The molecule has 0 aliphatic carbocycles. The lowest BCUT2D eigenvalue weighted by Gasteiger charge is -2.37. The van der Waals surface area contributed by atoms with Crippen molar-refractivity contribution in [1.29, 1.82) is 0 Å². The lowest BCUT2D eigenvalue weighted by atomic mass is 10.0. The average Bonchev–Trinajstić information content (AvgIpc) is 2.70. The number of hydrogen-bond donors (Lipinski definition) is 1. The molecule has 76 valence electrons. The number of ether oxygens (including phenoxy) is 1. The lowest BCUT2D eigenvalue weighted by Crippen LogP contribution is -2.53. The van der Waals surface area contributed by atoms with Crippen molar-refractivity contribution in [2.45, 2.75) is 31.3 Å². The van der Waals surface area contributed by atoms with Gasteiger partial charge >= 0.3 is 0 Å². The van der Waals surface area contributed by atoms with Gasteiger partial charge in [-0.25, -0.2) is 0 Å². The van der Waals surface area contributed by atoms with E-state index in [1.807, 2.05) is 7.05 Å². The van der Waals surface area contributed by atoms with E-state index in [9.17, 15) is 0 Å². The van der Waals surface area contributed by atoms with E-state index < -0.39 is 0 Å². The van der Waals surface area contributed by atoms with E-state index >= 15 is 0 Å². The van der Waals surface area contributed by atoms with Crippen molar-refractivity contribution >= 4 is 0 Å². The van der Waals surface area contributed by atoms with Crippen molar-refractivity contribution in [3.05, 3.63) is 0 Å². The number of nitrogens with one attached hydrogen (secondary N) is 1. The summed E-state index contributed by atoms with van der Waals surface area (Å²) in [6.07, 6.45) is 3.97. The maximum atomic E-state index is 5.47. The van der Waals surface area contributed by atoms with Crippen molar-refractivity contribution in [2.75, 3.05) is 33.4 Å². The zero-order valence-electron chi connectivity index (χ0n) is 8.46. The lowest BCUT2D eigenvalue weighted by molar-refractivity contribution is 0.0158. The van der Waals surface area contributed by atoms with Crippen molar-refractivity contribution in [3.8, 4) is 0 Å². The average molecular weight is 184 g/mol. The molecule has 3 nitrogen and oxygen atoms in total. The third-order valence-corrected chi connectivity index (χ3v) is 3.30. The standard InChI is InChI=1S/C10H20N2O/c1-11-9-8-13-7-4-10(9)12-5-2-3-6-12/h9-11H,2-8H2,1H3. The maximum Gasteiger partial charge on any atom is 0.0634 e. The molecule has 2 heterocycles. The van der Waals surface area contributed by atoms with Gasteiger partial charge in [-0.15, -0.1) is 0 Å². The molecule has 0 aromatic heterocycles. The highest BCUT2D eigenvalue weighted by Gasteiger charge is 2.30. The Morgan fingerprint density at radius 2 is 2.08 bits per heavy atom. The van der Waals surface area contributed by atoms with Crippen LogP contribution in [0.1, 0.15) is 19.3 Å². The molecule has 3 heteroatoms. The van der Waals surface area contributed by atoms with E-state index in [2.05, 4.69) is 10.2 Å². The van der Waals surface area contributed by atoms with Gasteiger partial charge in [0.25, 0.3) is 0 Å². The first-order valence-corrected chi connectivity index (χ1v) is 5.41. The Balaban J connectivity index is 1.93. The molecule has 2 rings (SSSR count). The smallest absolute Gasteiger partial charge is 0.0634 e. The second-order valence-electron chi connectivity index (χ2n) is 4.07. The molecule has 0 aromatic rings. The number of likely N-dealkylation sites (tertiary alicyclic amines) is 1. The van der Waals surface area contributed by atoms with Gasteiger partial charge in [-0.3, -0.25) is 4.90 Å². The number of likely N-dealkylation sites (N-methyl/N-ethyl adjacent to an activating group) is 1. The topological polar surface area (TPSA) is 24.5 Å². The van der Waals surface area contributed by atoms with E-state index in [0.717, 1.165) is 19.3 Å². The third-order valence-electron chi connectivity index (χ3n) is 3.30. The summed E-state index contributed by atoms with van der Waals surface area (Å²) in [5.41, 5.74) is 0. The number of nitrogens with zero attached hydrogens (tertiary/aromatic N) is 1. The SMILES string of the molecule is CNC1COCCC1N1CCCC1. The summed E-state index contributed by atoms with van der Waals surface area (Å²) < 4.78 is 5.47. The minimum atomic E-state index is 0.548. The summed E-state index contributed by atoms with van der Waals surface area (Å²) in [4.78, 5) is 2.63. The molecule has 2 aliphatic rings. The van der Waals surface area contributed by atoms with Crippen LogP contribution in [0.15, 0.2) is 0 Å². The molecule has 2 unspecified atom stereocenters. The van der Waals surface area contributed by atoms with Gasteiger partial charge in [-0.1, -0.05) is 0 Å². The van der Waals surface area contributed by atoms with Crippen LogP contribution in [0.4, 0.5) is 0 Å². The predicted molar refractivity (Wildman–Crippen MR) is 52.9 cm³/mol. The zero-order chi connectivity index (χ0) is 9.10. The molecule has 2 fully saturated rings. The van der Waals surface area contributed by atoms with Crippen LogP contribution in [-0.4, -0.2) is 50.3 Å². The van der Waals surface area contributed by atoms with E-state index in [-0.39, 0.29) is 0 Å².